The molecule has 2 bridgehead atoms. The van der Waals surface area contributed by atoms with Gasteiger partial charge in [0.25, 0.3) is 11.8 Å². The smallest absolute Gasteiger partial charge is 0.270 e. The summed E-state index contributed by atoms with van der Waals surface area (Å²) < 4.78 is 54.0. The van der Waals surface area contributed by atoms with Crippen LogP contribution < -0.4 is 10.0 Å². The van der Waals surface area contributed by atoms with Gasteiger partial charge in [-0.3, -0.25) is 9.52 Å². The van der Waals surface area contributed by atoms with E-state index in [0.717, 1.165) is 12.1 Å². The highest BCUT2D eigenvalue weighted by atomic mass is 32.2. The van der Waals surface area contributed by atoms with Crippen LogP contribution in [0.3, 0.4) is 0 Å². The first-order chi connectivity index (χ1) is 13.2. The van der Waals surface area contributed by atoms with Gasteiger partial charge in [-0.1, -0.05) is 6.07 Å². The van der Waals surface area contributed by atoms with Crippen LogP contribution in [0.25, 0.3) is 0 Å². The molecule has 1 aromatic rings. The van der Waals surface area contributed by atoms with Crippen molar-refractivity contribution in [1.29, 1.82) is 5.26 Å². The molecule has 0 heterocycles. The second-order valence-corrected chi connectivity index (χ2v) is 11.6. The number of carbonyl (C=O) groups is 1. The largest absolute Gasteiger partial charge is 0.346 e. The van der Waals surface area contributed by atoms with E-state index < -0.39 is 32.1 Å². The van der Waals surface area contributed by atoms with Crippen molar-refractivity contribution in [2.45, 2.75) is 63.2 Å². The van der Waals surface area contributed by atoms with Crippen molar-refractivity contribution in [3.05, 3.63) is 29.3 Å². The lowest BCUT2D eigenvalue weighted by Gasteiger charge is -2.39. The van der Waals surface area contributed by atoms with E-state index in [4.69, 9.17) is 0 Å². The van der Waals surface area contributed by atoms with Crippen LogP contribution in [0.2, 0.25) is 0 Å². The molecule has 9 heteroatoms. The summed E-state index contributed by atoms with van der Waals surface area (Å²) in [5.41, 5.74) is -1.11. The monoisotopic (exact) mass is 425 g/mol. The Bertz CT molecular complexity index is 982. The standard InChI is InChI=1S/C20H25F2N3O3S/c1-18(2,3)29(27,28)25-16-6-5-14(19(4,21)22)7-15(16)17(26)24-20-8-12(9-20)13(10-20)11-23/h5-7,12-13,25H,8-10H2,1-4H3,(H,24,26). The van der Waals surface area contributed by atoms with Gasteiger partial charge in [0, 0.05) is 18.0 Å². The van der Waals surface area contributed by atoms with Gasteiger partial charge in [-0.2, -0.15) is 5.26 Å². The molecule has 1 unspecified atom stereocenters. The molecule has 0 aromatic heterocycles. The molecule has 3 fully saturated rings. The van der Waals surface area contributed by atoms with Crippen molar-refractivity contribution in [3.8, 4) is 6.07 Å². The summed E-state index contributed by atoms with van der Waals surface area (Å²) in [6.07, 6.45) is 1.86. The number of amides is 1. The molecule has 1 amide bonds. The van der Waals surface area contributed by atoms with Crippen LogP contribution in [0.5, 0.6) is 0 Å². The molecule has 6 nitrogen and oxygen atoms in total. The summed E-state index contributed by atoms with van der Waals surface area (Å²) in [5, 5.41) is 12.1. The van der Waals surface area contributed by atoms with Gasteiger partial charge >= 0.3 is 0 Å². The fourth-order valence-electron chi connectivity index (χ4n) is 3.99. The molecule has 3 saturated carbocycles. The van der Waals surface area contributed by atoms with Gasteiger partial charge in [-0.15, -0.1) is 0 Å². The number of rotatable bonds is 5. The minimum Gasteiger partial charge on any atom is -0.346 e. The first kappa shape index (κ1) is 21.5. The quantitative estimate of drug-likeness (QED) is 0.750. The van der Waals surface area contributed by atoms with Crippen molar-refractivity contribution < 1.29 is 22.0 Å². The molecule has 0 saturated heterocycles. The molecule has 2 N–H and O–H groups in total. The third-order valence-corrected chi connectivity index (χ3v) is 7.95. The number of nitrogens with zero attached hydrogens (tertiary/aromatic N) is 1. The van der Waals surface area contributed by atoms with Crippen LogP contribution in [0.1, 0.15) is 62.9 Å². The van der Waals surface area contributed by atoms with Gasteiger partial charge < -0.3 is 5.32 Å². The van der Waals surface area contributed by atoms with Crippen molar-refractivity contribution in [1.82, 2.24) is 5.32 Å². The summed E-state index contributed by atoms with van der Waals surface area (Å²) in [6.45, 7) is 5.21. The summed E-state index contributed by atoms with van der Waals surface area (Å²) in [5.74, 6) is -3.69. The van der Waals surface area contributed by atoms with Crippen molar-refractivity contribution >= 4 is 21.6 Å². The van der Waals surface area contributed by atoms with Crippen LogP contribution in [0.4, 0.5) is 14.5 Å². The lowest BCUT2D eigenvalue weighted by Crippen LogP contribution is -2.52. The fourth-order valence-corrected chi connectivity index (χ4v) is 4.76. The van der Waals surface area contributed by atoms with E-state index in [1.807, 2.05) is 0 Å². The van der Waals surface area contributed by atoms with E-state index in [1.165, 1.54) is 26.8 Å². The van der Waals surface area contributed by atoms with Crippen LogP contribution in [0.15, 0.2) is 18.2 Å². The minimum atomic E-state index is -3.86. The van der Waals surface area contributed by atoms with Crippen molar-refractivity contribution in [3.63, 3.8) is 0 Å². The minimum absolute atomic E-state index is 0.0486. The number of hydrogen-bond donors (Lipinski definition) is 2. The predicted molar refractivity (Wildman–Crippen MR) is 105 cm³/mol. The highest BCUT2D eigenvalue weighted by Gasteiger charge is 2.57. The van der Waals surface area contributed by atoms with Gasteiger partial charge in [0.15, 0.2) is 0 Å². The van der Waals surface area contributed by atoms with E-state index >= 15 is 0 Å². The summed E-state index contributed by atoms with van der Waals surface area (Å²) in [4.78, 5) is 13.0. The number of hydrogen-bond acceptors (Lipinski definition) is 4. The van der Waals surface area contributed by atoms with Crippen LogP contribution in [0, 0.1) is 23.2 Å². The van der Waals surface area contributed by atoms with Crippen LogP contribution in [-0.4, -0.2) is 24.6 Å². The van der Waals surface area contributed by atoms with Crippen molar-refractivity contribution in [2.75, 3.05) is 4.72 Å². The molecular formula is C20H25F2N3O3S. The Morgan fingerprint density at radius 3 is 2.31 bits per heavy atom. The number of nitriles is 1. The predicted octanol–water partition coefficient (Wildman–Crippen LogP) is 3.76. The fraction of sp³-hybridized carbons (Fsp3) is 0.600. The molecule has 158 valence electrons. The first-order valence-electron chi connectivity index (χ1n) is 9.44. The first-order valence-corrected chi connectivity index (χ1v) is 10.9. The number of benzene rings is 1. The molecular weight excluding hydrogens is 400 g/mol. The van der Waals surface area contributed by atoms with Gasteiger partial charge in [-0.05, 0) is 58.1 Å². The second kappa shape index (κ2) is 6.66. The Hall–Kier alpha value is -2.21. The second-order valence-electron chi connectivity index (χ2n) is 9.21. The highest BCUT2D eigenvalue weighted by Crippen LogP contribution is 2.55. The molecule has 3 aliphatic carbocycles. The zero-order valence-electron chi connectivity index (χ0n) is 16.8. The van der Waals surface area contributed by atoms with E-state index in [0.29, 0.717) is 26.2 Å². The molecule has 0 spiro atoms. The van der Waals surface area contributed by atoms with Gasteiger partial charge in [0.2, 0.25) is 10.0 Å². The third-order valence-electron chi connectivity index (χ3n) is 5.85. The molecule has 1 aromatic carbocycles. The Kier molecular flexibility index (Phi) is 4.94. The van der Waals surface area contributed by atoms with E-state index in [-0.39, 0.29) is 28.7 Å². The van der Waals surface area contributed by atoms with Crippen LogP contribution in [-0.2, 0) is 15.9 Å². The Balaban J connectivity index is 1.95. The number of fused-ring (bicyclic) bond motifs is 1. The molecule has 0 aliphatic heterocycles. The number of anilines is 1. The Labute approximate surface area is 169 Å². The normalized spacial score (nSPS) is 26.4. The van der Waals surface area contributed by atoms with Crippen molar-refractivity contribution in [2.24, 2.45) is 11.8 Å². The van der Waals surface area contributed by atoms with Crippen LogP contribution >= 0.6 is 0 Å². The van der Waals surface area contributed by atoms with E-state index in [2.05, 4.69) is 16.1 Å². The lowest BCUT2D eigenvalue weighted by molar-refractivity contribution is 0.0174. The average molecular weight is 426 g/mol. The molecule has 0 radical (unpaired) electrons. The number of alkyl halides is 2. The van der Waals surface area contributed by atoms with E-state index in [1.54, 1.807) is 0 Å². The number of nitrogens with one attached hydrogen (secondary N) is 2. The van der Waals surface area contributed by atoms with Gasteiger partial charge in [0.05, 0.1) is 28.0 Å². The van der Waals surface area contributed by atoms with E-state index in [9.17, 15) is 27.3 Å². The number of sulfonamides is 1. The van der Waals surface area contributed by atoms with Gasteiger partial charge in [-0.25, -0.2) is 17.2 Å². The molecule has 29 heavy (non-hydrogen) atoms. The van der Waals surface area contributed by atoms with Gasteiger partial charge in [0.1, 0.15) is 0 Å². The summed E-state index contributed by atoms with van der Waals surface area (Å²) in [6, 6.07) is 5.57. The Morgan fingerprint density at radius 1 is 1.21 bits per heavy atom. The number of halogens is 2. The maximum absolute atomic E-state index is 13.8. The zero-order valence-corrected chi connectivity index (χ0v) is 17.7. The summed E-state index contributed by atoms with van der Waals surface area (Å²) in [7, 11) is -3.86. The molecule has 1 atom stereocenters. The molecule has 4 rings (SSSR count). The molecule has 3 aliphatic rings. The maximum atomic E-state index is 13.8. The Morgan fingerprint density at radius 2 is 1.83 bits per heavy atom. The zero-order chi connectivity index (χ0) is 21.8. The SMILES string of the molecule is CC(F)(F)c1ccc(NS(=O)(=O)C(C)(C)C)c(C(=O)NC23CC(C#N)C(C2)C3)c1. The highest BCUT2D eigenvalue weighted by molar-refractivity contribution is 7.94. The topological polar surface area (TPSA) is 99.1 Å². The third kappa shape index (κ3) is 3.95. The average Bonchev–Trinajstić information content (AvgIpc) is 3.07. The lowest BCUT2D eigenvalue weighted by atomic mass is 9.76. The number of carbonyl (C=O) groups excluding carboxylic acids is 1. The summed E-state index contributed by atoms with van der Waals surface area (Å²) >= 11 is 0. The maximum Gasteiger partial charge on any atom is 0.270 e.